The van der Waals surface area contributed by atoms with Crippen LogP contribution in [0.15, 0.2) is 12.4 Å². The lowest BCUT2D eigenvalue weighted by molar-refractivity contribution is -0.129. The molecule has 0 saturated carbocycles. The highest BCUT2D eigenvalue weighted by molar-refractivity contribution is 5.78. The summed E-state index contributed by atoms with van der Waals surface area (Å²) in [4.78, 5) is 13.7. The van der Waals surface area contributed by atoms with Gasteiger partial charge in [-0.3, -0.25) is 9.48 Å². The number of hydrogen-bond acceptors (Lipinski definition) is 3. The molecule has 1 amide bonds. The molecule has 0 spiro atoms. The zero-order valence-corrected chi connectivity index (χ0v) is 11.8. The number of hydrogen-bond donors (Lipinski definition) is 1. The van der Waals surface area contributed by atoms with Crippen molar-refractivity contribution in [3.05, 3.63) is 18.0 Å². The van der Waals surface area contributed by atoms with Crippen LogP contribution in [0.1, 0.15) is 25.8 Å². The van der Waals surface area contributed by atoms with Crippen molar-refractivity contribution < 1.29 is 4.79 Å². The largest absolute Gasteiger partial charge is 0.345 e. The van der Waals surface area contributed by atoms with Gasteiger partial charge in [-0.1, -0.05) is 13.8 Å². The van der Waals surface area contributed by atoms with E-state index >= 15 is 0 Å². The first-order valence-corrected chi connectivity index (χ1v) is 6.37. The van der Waals surface area contributed by atoms with Gasteiger partial charge in [0, 0.05) is 32.9 Å². The Morgan fingerprint density at radius 2 is 2.22 bits per heavy atom. The van der Waals surface area contributed by atoms with Crippen LogP contribution in [-0.4, -0.2) is 40.2 Å². The second-order valence-electron chi connectivity index (χ2n) is 5.21. The van der Waals surface area contributed by atoms with Gasteiger partial charge in [0.25, 0.3) is 0 Å². The molecule has 5 heteroatoms. The Labute approximate surface area is 109 Å². The van der Waals surface area contributed by atoms with Crippen LogP contribution in [-0.2, 0) is 18.3 Å². The van der Waals surface area contributed by atoms with Gasteiger partial charge in [-0.05, 0) is 17.9 Å². The molecule has 1 unspecified atom stereocenters. The minimum absolute atomic E-state index is 0.110. The SMILES string of the molecule is CC(C)C(N)CCN(C)C(=O)Cc1cnn(C)c1. The molecular formula is C13H24N4O. The lowest BCUT2D eigenvalue weighted by atomic mass is 10.0. The summed E-state index contributed by atoms with van der Waals surface area (Å²) in [5.74, 6) is 0.561. The van der Waals surface area contributed by atoms with Gasteiger partial charge in [-0.15, -0.1) is 0 Å². The zero-order valence-electron chi connectivity index (χ0n) is 11.8. The van der Waals surface area contributed by atoms with Gasteiger partial charge in [0.15, 0.2) is 0 Å². The highest BCUT2D eigenvalue weighted by Gasteiger charge is 2.13. The van der Waals surface area contributed by atoms with E-state index in [2.05, 4.69) is 18.9 Å². The molecule has 0 saturated heterocycles. The molecule has 1 atom stereocenters. The van der Waals surface area contributed by atoms with Crippen molar-refractivity contribution in [3.8, 4) is 0 Å². The molecule has 0 aliphatic heterocycles. The molecule has 0 aliphatic rings. The monoisotopic (exact) mass is 252 g/mol. The third kappa shape index (κ3) is 4.49. The van der Waals surface area contributed by atoms with E-state index in [0.717, 1.165) is 12.0 Å². The predicted octanol–water partition coefficient (Wildman–Crippen LogP) is 0.794. The standard InChI is InChI=1S/C13H24N4O/c1-10(2)12(14)5-6-16(3)13(18)7-11-8-15-17(4)9-11/h8-10,12H,5-7,14H2,1-4H3. The third-order valence-corrected chi connectivity index (χ3v) is 3.19. The predicted molar refractivity (Wildman–Crippen MR) is 72.0 cm³/mol. The van der Waals surface area contributed by atoms with Gasteiger partial charge in [-0.25, -0.2) is 0 Å². The van der Waals surface area contributed by atoms with Crippen LogP contribution < -0.4 is 5.73 Å². The van der Waals surface area contributed by atoms with Crippen LogP contribution in [0.5, 0.6) is 0 Å². The van der Waals surface area contributed by atoms with E-state index in [1.54, 1.807) is 15.8 Å². The number of rotatable bonds is 6. The van der Waals surface area contributed by atoms with Crippen LogP contribution in [0.25, 0.3) is 0 Å². The number of amides is 1. The van der Waals surface area contributed by atoms with Crippen molar-refractivity contribution in [2.75, 3.05) is 13.6 Å². The van der Waals surface area contributed by atoms with E-state index in [1.165, 1.54) is 0 Å². The number of carbonyl (C=O) groups is 1. The number of likely N-dealkylation sites (N-methyl/N-ethyl adjacent to an activating group) is 1. The summed E-state index contributed by atoms with van der Waals surface area (Å²) in [6, 6.07) is 0.152. The van der Waals surface area contributed by atoms with Gasteiger partial charge >= 0.3 is 0 Å². The molecule has 102 valence electrons. The van der Waals surface area contributed by atoms with Crippen LogP contribution in [0.4, 0.5) is 0 Å². The highest BCUT2D eigenvalue weighted by Crippen LogP contribution is 2.05. The maximum Gasteiger partial charge on any atom is 0.226 e. The summed E-state index contributed by atoms with van der Waals surface area (Å²) in [6.45, 7) is 4.91. The lowest BCUT2D eigenvalue weighted by Gasteiger charge is -2.21. The van der Waals surface area contributed by atoms with Crippen LogP contribution in [0.3, 0.4) is 0 Å². The van der Waals surface area contributed by atoms with E-state index in [4.69, 9.17) is 5.73 Å². The molecule has 2 N–H and O–H groups in total. The summed E-state index contributed by atoms with van der Waals surface area (Å²) < 4.78 is 1.71. The summed E-state index contributed by atoms with van der Waals surface area (Å²) >= 11 is 0. The average molecular weight is 252 g/mol. The van der Waals surface area contributed by atoms with Crippen LogP contribution in [0.2, 0.25) is 0 Å². The first-order valence-electron chi connectivity index (χ1n) is 6.37. The molecule has 1 rings (SSSR count). The Morgan fingerprint density at radius 3 is 2.72 bits per heavy atom. The van der Waals surface area contributed by atoms with Gasteiger partial charge < -0.3 is 10.6 Å². The maximum absolute atomic E-state index is 12.0. The minimum atomic E-state index is 0.110. The molecule has 18 heavy (non-hydrogen) atoms. The zero-order chi connectivity index (χ0) is 13.7. The highest BCUT2D eigenvalue weighted by atomic mass is 16.2. The molecule has 0 aliphatic carbocycles. The number of carbonyl (C=O) groups excluding carboxylic acids is 1. The molecule has 0 aromatic carbocycles. The summed E-state index contributed by atoms with van der Waals surface area (Å²) in [5.41, 5.74) is 6.92. The second-order valence-corrected chi connectivity index (χ2v) is 5.21. The van der Waals surface area contributed by atoms with E-state index < -0.39 is 0 Å². The van der Waals surface area contributed by atoms with Crippen LogP contribution >= 0.6 is 0 Å². The Hall–Kier alpha value is -1.36. The number of nitrogens with zero attached hydrogens (tertiary/aromatic N) is 3. The second kappa shape index (κ2) is 6.54. The van der Waals surface area contributed by atoms with Gasteiger partial charge in [0.05, 0.1) is 12.6 Å². The smallest absolute Gasteiger partial charge is 0.226 e. The summed E-state index contributed by atoms with van der Waals surface area (Å²) in [7, 11) is 3.67. The van der Waals surface area contributed by atoms with E-state index in [1.807, 2.05) is 20.3 Å². The summed E-state index contributed by atoms with van der Waals surface area (Å²) in [5, 5.41) is 4.05. The molecule has 1 heterocycles. The van der Waals surface area contributed by atoms with Crippen molar-refractivity contribution >= 4 is 5.91 Å². The number of aryl methyl sites for hydroxylation is 1. The third-order valence-electron chi connectivity index (χ3n) is 3.19. The van der Waals surface area contributed by atoms with Gasteiger partial charge in [0.1, 0.15) is 0 Å². The van der Waals surface area contributed by atoms with Gasteiger partial charge in [-0.2, -0.15) is 5.10 Å². The minimum Gasteiger partial charge on any atom is -0.345 e. The average Bonchev–Trinajstić information content (AvgIpc) is 2.70. The fourth-order valence-electron chi connectivity index (χ4n) is 1.67. The normalized spacial score (nSPS) is 12.8. The van der Waals surface area contributed by atoms with Crippen molar-refractivity contribution in [2.24, 2.45) is 18.7 Å². The van der Waals surface area contributed by atoms with Crippen molar-refractivity contribution in [2.45, 2.75) is 32.7 Å². The van der Waals surface area contributed by atoms with E-state index in [0.29, 0.717) is 18.9 Å². The van der Waals surface area contributed by atoms with Crippen LogP contribution in [0, 0.1) is 5.92 Å². The molecule has 0 radical (unpaired) electrons. The number of aromatic nitrogens is 2. The van der Waals surface area contributed by atoms with Crippen molar-refractivity contribution in [1.29, 1.82) is 0 Å². The van der Waals surface area contributed by atoms with Crippen molar-refractivity contribution in [1.82, 2.24) is 14.7 Å². The Morgan fingerprint density at radius 1 is 1.56 bits per heavy atom. The Kier molecular flexibility index (Phi) is 5.34. The fourth-order valence-corrected chi connectivity index (χ4v) is 1.67. The molecule has 1 aromatic rings. The molecule has 1 aromatic heterocycles. The van der Waals surface area contributed by atoms with E-state index in [9.17, 15) is 4.79 Å². The fraction of sp³-hybridized carbons (Fsp3) is 0.692. The quantitative estimate of drug-likeness (QED) is 0.814. The Balaban J connectivity index is 2.37. The topological polar surface area (TPSA) is 64.2 Å². The molecule has 0 bridgehead atoms. The maximum atomic E-state index is 12.0. The number of nitrogens with two attached hydrogens (primary N) is 1. The van der Waals surface area contributed by atoms with E-state index in [-0.39, 0.29) is 11.9 Å². The molecule has 5 nitrogen and oxygen atoms in total. The Bertz CT molecular complexity index is 386. The summed E-state index contributed by atoms with van der Waals surface area (Å²) in [6.07, 6.45) is 4.84. The van der Waals surface area contributed by atoms with Gasteiger partial charge in [0.2, 0.25) is 5.91 Å². The molecule has 0 fully saturated rings. The first kappa shape index (κ1) is 14.7. The first-order chi connectivity index (χ1) is 8.40. The lowest BCUT2D eigenvalue weighted by Crippen LogP contribution is -2.35. The van der Waals surface area contributed by atoms with Crippen molar-refractivity contribution in [3.63, 3.8) is 0 Å². The molecular weight excluding hydrogens is 228 g/mol.